The fourth-order valence-corrected chi connectivity index (χ4v) is 6.57. The Labute approximate surface area is 232 Å². The molecule has 2 heterocycles. The van der Waals surface area contributed by atoms with Crippen LogP contribution in [0.1, 0.15) is 85.0 Å². The zero-order valence-corrected chi connectivity index (χ0v) is 23.9. The number of fused-ring (bicyclic) bond motifs is 1. The van der Waals surface area contributed by atoms with Crippen LogP contribution in [0.5, 0.6) is 0 Å². The molecule has 1 aromatic heterocycles. The molecular formula is C31H44N6O2. The zero-order valence-electron chi connectivity index (χ0n) is 23.9. The second-order valence-electron chi connectivity index (χ2n) is 13.0. The monoisotopic (exact) mass is 532 g/mol. The number of carbonyl (C=O) groups excluding carboxylic acids is 1. The Balaban J connectivity index is 1.42. The predicted molar refractivity (Wildman–Crippen MR) is 154 cm³/mol. The highest BCUT2D eigenvalue weighted by Gasteiger charge is 2.51. The molecule has 2 N–H and O–H groups in total. The lowest BCUT2D eigenvalue weighted by atomic mass is 9.72. The van der Waals surface area contributed by atoms with E-state index in [-0.39, 0.29) is 22.4 Å². The number of benzene rings is 1. The SMILES string of the molecule is CC(C)(C[C@H](Nc1nc(=O)n(CCCN2CCCC2)c2ccccc12)C(=O)NC1(C#N)CCCC1)C1(C)CC1. The Morgan fingerprint density at radius 1 is 1.10 bits per heavy atom. The van der Waals surface area contributed by atoms with Gasteiger partial charge in [-0.05, 0) is 107 Å². The number of likely N-dealkylation sites (tertiary alicyclic amines) is 1. The molecule has 1 amide bonds. The second-order valence-corrected chi connectivity index (χ2v) is 13.0. The number of aromatic nitrogens is 2. The summed E-state index contributed by atoms with van der Waals surface area (Å²) in [5, 5.41) is 17.3. The fourth-order valence-electron chi connectivity index (χ4n) is 6.57. The predicted octanol–water partition coefficient (Wildman–Crippen LogP) is 4.83. The summed E-state index contributed by atoms with van der Waals surface area (Å²) < 4.78 is 1.77. The molecule has 2 aromatic rings. The Kier molecular flexibility index (Phi) is 7.74. The van der Waals surface area contributed by atoms with E-state index in [2.05, 4.69) is 47.4 Å². The minimum atomic E-state index is -0.807. The Morgan fingerprint density at radius 3 is 2.46 bits per heavy atom. The summed E-state index contributed by atoms with van der Waals surface area (Å²) in [4.78, 5) is 34.1. The highest BCUT2D eigenvalue weighted by molar-refractivity contribution is 5.92. The summed E-state index contributed by atoms with van der Waals surface area (Å²) in [5.74, 6) is 0.261. The molecule has 0 radical (unpaired) electrons. The third-order valence-electron chi connectivity index (χ3n) is 9.95. The largest absolute Gasteiger partial charge is 0.358 e. The average Bonchev–Trinajstić information content (AvgIpc) is 3.29. The first kappa shape index (κ1) is 27.6. The first-order valence-corrected chi connectivity index (χ1v) is 14.9. The van der Waals surface area contributed by atoms with E-state index in [0.29, 0.717) is 31.6 Å². The van der Waals surface area contributed by atoms with Crippen molar-refractivity contribution in [2.45, 2.75) is 103 Å². The molecule has 1 saturated heterocycles. The van der Waals surface area contributed by atoms with Crippen molar-refractivity contribution in [1.82, 2.24) is 19.8 Å². The van der Waals surface area contributed by atoms with Crippen LogP contribution in [0.4, 0.5) is 5.82 Å². The van der Waals surface area contributed by atoms with Crippen molar-refractivity contribution in [3.05, 3.63) is 34.7 Å². The van der Waals surface area contributed by atoms with Crippen LogP contribution in [0.3, 0.4) is 0 Å². The van der Waals surface area contributed by atoms with E-state index in [9.17, 15) is 14.9 Å². The second kappa shape index (κ2) is 10.9. The number of nitriles is 1. The van der Waals surface area contributed by atoms with E-state index in [1.54, 1.807) is 4.57 Å². The zero-order chi connectivity index (χ0) is 27.7. The van der Waals surface area contributed by atoms with Gasteiger partial charge in [-0.2, -0.15) is 10.2 Å². The lowest BCUT2D eigenvalue weighted by Gasteiger charge is -2.36. The summed E-state index contributed by atoms with van der Waals surface area (Å²) in [6.45, 7) is 10.6. The molecule has 8 nitrogen and oxygen atoms in total. The maximum absolute atomic E-state index is 13.8. The molecule has 5 rings (SSSR count). The van der Waals surface area contributed by atoms with E-state index >= 15 is 0 Å². The van der Waals surface area contributed by atoms with Gasteiger partial charge in [0.1, 0.15) is 17.4 Å². The van der Waals surface area contributed by atoms with Crippen molar-refractivity contribution < 1.29 is 4.79 Å². The van der Waals surface area contributed by atoms with Crippen LogP contribution in [-0.4, -0.2) is 51.6 Å². The molecule has 0 bridgehead atoms. The topological polar surface area (TPSA) is 103 Å². The van der Waals surface area contributed by atoms with Gasteiger partial charge in [0, 0.05) is 11.9 Å². The number of rotatable bonds is 11. The normalized spacial score (nSPS) is 21.0. The van der Waals surface area contributed by atoms with E-state index in [1.807, 2.05) is 24.3 Å². The summed E-state index contributed by atoms with van der Waals surface area (Å²) in [6, 6.07) is 9.61. The Bertz CT molecular complexity index is 1290. The molecule has 8 heteroatoms. The van der Waals surface area contributed by atoms with E-state index in [0.717, 1.165) is 62.6 Å². The first-order valence-electron chi connectivity index (χ1n) is 14.9. The molecule has 39 heavy (non-hydrogen) atoms. The molecule has 3 aliphatic rings. The van der Waals surface area contributed by atoms with Gasteiger partial charge in [-0.1, -0.05) is 32.9 Å². The van der Waals surface area contributed by atoms with Crippen molar-refractivity contribution >= 4 is 22.6 Å². The Hall–Kier alpha value is -2.92. The molecule has 1 aromatic carbocycles. The van der Waals surface area contributed by atoms with Gasteiger partial charge in [0.25, 0.3) is 0 Å². The summed E-state index contributed by atoms with van der Waals surface area (Å²) in [5.41, 5.74) is -0.189. The number of hydrogen-bond donors (Lipinski definition) is 2. The van der Waals surface area contributed by atoms with Crippen molar-refractivity contribution in [2.75, 3.05) is 25.0 Å². The third-order valence-corrected chi connectivity index (χ3v) is 9.95. The Morgan fingerprint density at radius 2 is 1.79 bits per heavy atom. The van der Waals surface area contributed by atoms with Crippen molar-refractivity contribution in [3.63, 3.8) is 0 Å². The van der Waals surface area contributed by atoms with Crippen molar-refractivity contribution in [3.8, 4) is 6.07 Å². The van der Waals surface area contributed by atoms with Crippen LogP contribution in [0, 0.1) is 22.2 Å². The van der Waals surface area contributed by atoms with Crippen LogP contribution in [-0.2, 0) is 11.3 Å². The van der Waals surface area contributed by atoms with Crippen LogP contribution in [0.15, 0.2) is 29.1 Å². The molecule has 0 unspecified atom stereocenters. The molecule has 2 aliphatic carbocycles. The highest BCUT2D eigenvalue weighted by atomic mass is 16.2. The van der Waals surface area contributed by atoms with Crippen LogP contribution >= 0.6 is 0 Å². The summed E-state index contributed by atoms with van der Waals surface area (Å²) >= 11 is 0. The lowest BCUT2D eigenvalue weighted by Crippen LogP contribution is -2.52. The quantitative estimate of drug-likeness (QED) is 0.430. The van der Waals surface area contributed by atoms with Crippen molar-refractivity contribution in [2.24, 2.45) is 10.8 Å². The van der Waals surface area contributed by atoms with Gasteiger partial charge in [-0.15, -0.1) is 0 Å². The van der Waals surface area contributed by atoms with E-state index < -0.39 is 11.6 Å². The molecule has 210 valence electrons. The van der Waals surface area contributed by atoms with Gasteiger partial charge in [-0.25, -0.2) is 4.79 Å². The van der Waals surface area contributed by atoms with Crippen LogP contribution in [0.2, 0.25) is 0 Å². The number of carbonyl (C=O) groups is 1. The molecule has 3 fully saturated rings. The first-order chi connectivity index (χ1) is 18.7. The maximum atomic E-state index is 13.8. The van der Waals surface area contributed by atoms with E-state index in [4.69, 9.17) is 0 Å². The number of hydrogen-bond acceptors (Lipinski definition) is 6. The van der Waals surface area contributed by atoms with Crippen LogP contribution < -0.4 is 16.3 Å². The molecule has 2 saturated carbocycles. The minimum Gasteiger partial charge on any atom is -0.358 e. The van der Waals surface area contributed by atoms with Gasteiger partial charge in [0.15, 0.2) is 0 Å². The van der Waals surface area contributed by atoms with E-state index in [1.165, 1.54) is 12.8 Å². The highest BCUT2D eigenvalue weighted by Crippen LogP contribution is 2.60. The van der Waals surface area contributed by atoms with Crippen LogP contribution in [0.25, 0.3) is 10.9 Å². The number of nitrogens with one attached hydrogen (secondary N) is 2. The minimum absolute atomic E-state index is 0.0994. The number of anilines is 1. The maximum Gasteiger partial charge on any atom is 0.350 e. The standard InChI is InChI=1S/C31H44N6O2/c1-29(2,30(3)15-16-30)21-24(27(38)35-31(22-32)13-6-7-14-31)33-26-23-11-4-5-12-25(23)37(28(39)34-26)20-10-19-36-17-8-9-18-36/h4-5,11-12,24H,6-10,13-21H2,1-3H3,(H,35,38)(H,33,34,39)/t24-/m0/s1. The molecule has 1 aliphatic heterocycles. The molecule has 0 spiro atoms. The summed E-state index contributed by atoms with van der Waals surface area (Å²) in [7, 11) is 0. The van der Waals surface area contributed by atoms with Gasteiger partial charge in [0.2, 0.25) is 5.91 Å². The van der Waals surface area contributed by atoms with Crippen molar-refractivity contribution in [1.29, 1.82) is 5.26 Å². The van der Waals surface area contributed by atoms with Gasteiger partial charge in [0.05, 0.1) is 11.6 Å². The number of amides is 1. The average molecular weight is 533 g/mol. The number of aryl methyl sites for hydroxylation is 1. The third kappa shape index (κ3) is 5.84. The number of nitrogens with zero attached hydrogens (tertiary/aromatic N) is 4. The summed E-state index contributed by atoms with van der Waals surface area (Å²) in [6.07, 6.45) is 9.52. The smallest absolute Gasteiger partial charge is 0.350 e. The fraction of sp³-hybridized carbons (Fsp3) is 0.677. The van der Waals surface area contributed by atoms with Gasteiger partial charge >= 0.3 is 5.69 Å². The van der Waals surface area contributed by atoms with Gasteiger partial charge in [-0.3, -0.25) is 9.36 Å². The van der Waals surface area contributed by atoms with Gasteiger partial charge < -0.3 is 15.5 Å². The number of para-hydroxylation sites is 1. The lowest BCUT2D eigenvalue weighted by molar-refractivity contribution is -0.124. The molecular weight excluding hydrogens is 488 g/mol. The molecule has 1 atom stereocenters.